The first kappa shape index (κ1) is 19.3. The molecule has 0 N–H and O–H groups in total. The van der Waals surface area contributed by atoms with Crippen molar-refractivity contribution in [3.05, 3.63) is 45.7 Å². The maximum Gasteiger partial charge on any atom is 0.338 e. The van der Waals surface area contributed by atoms with Crippen molar-refractivity contribution < 1.29 is 23.8 Å². The largest absolute Gasteiger partial charge is 0.493 e. The number of methoxy groups -OCH3 is 2. The molecule has 0 unspecified atom stereocenters. The normalized spacial score (nSPS) is 13.4. The fourth-order valence-corrected chi connectivity index (χ4v) is 3.57. The van der Waals surface area contributed by atoms with Crippen molar-refractivity contribution in [3.8, 4) is 11.5 Å². The van der Waals surface area contributed by atoms with Crippen LogP contribution in [0.4, 0.5) is 0 Å². The lowest BCUT2D eigenvalue weighted by molar-refractivity contribution is 0.0474. The van der Waals surface area contributed by atoms with E-state index >= 15 is 0 Å². The van der Waals surface area contributed by atoms with E-state index in [9.17, 15) is 9.59 Å². The average Bonchev–Trinajstić information content (AvgIpc) is 3.43. The predicted molar refractivity (Wildman–Crippen MR) is 101 cm³/mol. The zero-order chi connectivity index (χ0) is 19.7. The van der Waals surface area contributed by atoms with Gasteiger partial charge in [0.2, 0.25) is 5.78 Å². The number of rotatable bonds is 7. The summed E-state index contributed by atoms with van der Waals surface area (Å²) in [5.41, 5.74) is 2.76. The number of ether oxygens (including phenoxy) is 3. The fraction of sp³-hybridized carbons (Fsp3) is 0.400. The molecular weight excluding hydrogens is 370 g/mol. The van der Waals surface area contributed by atoms with Gasteiger partial charge >= 0.3 is 5.97 Å². The summed E-state index contributed by atoms with van der Waals surface area (Å²) in [5.74, 6) is -0.229. The molecule has 0 radical (unpaired) electrons. The van der Waals surface area contributed by atoms with Crippen LogP contribution >= 0.6 is 11.6 Å². The second-order valence-corrected chi connectivity index (χ2v) is 6.99. The number of carbonyl (C=O) groups excluding carboxylic acids is 2. The molecule has 1 saturated carbocycles. The van der Waals surface area contributed by atoms with Crippen LogP contribution in [0, 0.1) is 13.8 Å². The first-order chi connectivity index (χ1) is 12.9. The van der Waals surface area contributed by atoms with E-state index in [1.807, 2.05) is 19.9 Å². The quantitative estimate of drug-likeness (QED) is 0.524. The first-order valence-corrected chi connectivity index (χ1v) is 9.05. The van der Waals surface area contributed by atoms with Gasteiger partial charge in [0, 0.05) is 23.0 Å². The summed E-state index contributed by atoms with van der Waals surface area (Å²) >= 11 is 6.11. The fourth-order valence-electron chi connectivity index (χ4n) is 3.28. The van der Waals surface area contributed by atoms with Crippen LogP contribution in [0.3, 0.4) is 0 Å². The number of carbonyl (C=O) groups is 2. The van der Waals surface area contributed by atoms with Gasteiger partial charge in [0.1, 0.15) is 0 Å². The summed E-state index contributed by atoms with van der Waals surface area (Å²) in [6, 6.07) is 5.24. The molecule has 7 heteroatoms. The molecule has 0 atom stereocenters. The van der Waals surface area contributed by atoms with Crippen molar-refractivity contribution in [2.45, 2.75) is 32.7 Å². The van der Waals surface area contributed by atoms with Crippen LogP contribution in [0.25, 0.3) is 0 Å². The van der Waals surface area contributed by atoms with Gasteiger partial charge in [0.25, 0.3) is 0 Å². The number of aryl methyl sites for hydroxylation is 1. The number of Topliss-reactive ketones (excluding diaryl/α,β-unsaturated/α-hetero) is 1. The highest BCUT2D eigenvalue weighted by Crippen LogP contribution is 2.38. The van der Waals surface area contributed by atoms with Gasteiger partial charge in [-0.05, 0) is 44.9 Å². The highest BCUT2D eigenvalue weighted by molar-refractivity contribution is 6.32. The van der Waals surface area contributed by atoms with E-state index in [1.165, 1.54) is 26.4 Å². The van der Waals surface area contributed by atoms with E-state index in [-0.39, 0.29) is 23.0 Å². The van der Waals surface area contributed by atoms with Crippen LogP contribution in [0.1, 0.15) is 51.0 Å². The summed E-state index contributed by atoms with van der Waals surface area (Å²) in [6.07, 6.45) is 2.28. The Labute approximate surface area is 163 Å². The minimum atomic E-state index is -0.651. The molecule has 0 bridgehead atoms. The molecule has 3 rings (SSSR count). The Morgan fingerprint density at radius 3 is 2.44 bits per heavy atom. The van der Waals surface area contributed by atoms with E-state index in [1.54, 1.807) is 0 Å². The number of aromatic nitrogens is 1. The van der Waals surface area contributed by atoms with Crippen LogP contribution < -0.4 is 9.47 Å². The van der Waals surface area contributed by atoms with Crippen molar-refractivity contribution >= 4 is 23.4 Å². The van der Waals surface area contributed by atoms with Crippen LogP contribution in [0.15, 0.2) is 18.2 Å². The molecule has 1 aromatic heterocycles. The molecule has 27 heavy (non-hydrogen) atoms. The number of ketones is 1. The summed E-state index contributed by atoms with van der Waals surface area (Å²) < 4.78 is 17.7. The maximum absolute atomic E-state index is 12.5. The molecule has 1 aliphatic rings. The van der Waals surface area contributed by atoms with E-state index in [4.69, 9.17) is 25.8 Å². The lowest BCUT2D eigenvalue weighted by atomic mass is 10.1. The molecule has 1 heterocycles. The molecule has 144 valence electrons. The van der Waals surface area contributed by atoms with Crippen molar-refractivity contribution in [2.24, 2.45) is 0 Å². The Morgan fingerprint density at radius 2 is 1.85 bits per heavy atom. The standard InChI is InChI=1S/C20H22ClNO5/c1-11-7-15(12(2)22(11)14-5-6-14)17(23)10-27-20(24)13-8-16(21)19(26-4)18(9-13)25-3/h7-9,14H,5-6,10H2,1-4H3. The zero-order valence-electron chi connectivity index (χ0n) is 15.8. The second-order valence-electron chi connectivity index (χ2n) is 6.58. The number of hydrogen-bond acceptors (Lipinski definition) is 5. The van der Waals surface area contributed by atoms with E-state index < -0.39 is 5.97 Å². The molecule has 1 fully saturated rings. The monoisotopic (exact) mass is 391 g/mol. The summed E-state index contributed by atoms with van der Waals surface area (Å²) in [7, 11) is 2.90. The molecule has 0 aliphatic heterocycles. The second kappa shape index (κ2) is 7.64. The summed E-state index contributed by atoms with van der Waals surface area (Å²) in [4.78, 5) is 24.9. The zero-order valence-corrected chi connectivity index (χ0v) is 16.6. The highest BCUT2D eigenvalue weighted by atomic mass is 35.5. The molecule has 6 nitrogen and oxygen atoms in total. The van der Waals surface area contributed by atoms with Crippen LogP contribution in [-0.4, -0.2) is 37.1 Å². The van der Waals surface area contributed by atoms with Gasteiger partial charge in [0.15, 0.2) is 18.1 Å². The number of benzene rings is 1. The van der Waals surface area contributed by atoms with Gasteiger partial charge in [-0.3, -0.25) is 4.79 Å². The number of hydrogen-bond donors (Lipinski definition) is 0. The molecule has 2 aromatic rings. The van der Waals surface area contributed by atoms with Gasteiger partial charge in [-0.25, -0.2) is 4.79 Å². The smallest absolute Gasteiger partial charge is 0.338 e. The van der Waals surface area contributed by atoms with E-state index in [0.717, 1.165) is 24.2 Å². The van der Waals surface area contributed by atoms with Gasteiger partial charge in [0.05, 0.1) is 24.8 Å². The topological polar surface area (TPSA) is 66.8 Å². The van der Waals surface area contributed by atoms with Gasteiger partial charge in [-0.15, -0.1) is 0 Å². The van der Waals surface area contributed by atoms with Crippen LogP contribution in [-0.2, 0) is 4.74 Å². The maximum atomic E-state index is 12.5. The Balaban J connectivity index is 1.72. The first-order valence-electron chi connectivity index (χ1n) is 8.67. The van der Waals surface area contributed by atoms with Crippen LogP contribution in [0.2, 0.25) is 5.02 Å². The minimum absolute atomic E-state index is 0.189. The highest BCUT2D eigenvalue weighted by Gasteiger charge is 2.28. The lowest BCUT2D eigenvalue weighted by Crippen LogP contribution is -2.15. The van der Waals surface area contributed by atoms with E-state index in [2.05, 4.69) is 4.57 Å². The van der Waals surface area contributed by atoms with Crippen molar-refractivity contribution in [1.82, 2.24) is 4.57 Å². The third kappa shape index (κ3) is 3.81. The Kier molecular flexibility index (Phi) is 5.46. The van der Waals surface area contributed by atoms with Crippen molar-refractivity contribution in [1.29, 1.82) is 0 Å². The number of halogens is 1. The third-order valence-electron chi connectivity index (χ3n) is 4.70. The Hall–Kier alpha value is -2.47. The summed E-state index contributed by atoms with van der Waals surface area (Å²) in [5, 5.41) is 0.225. The average molecular weight is 392 g/mol. The molecule has 0 saturated heterocycles. The van der Waals surface area contributed by atoms with E-state index in [0.29, 0.717) is 23.1 Å². The molecule has 0 amide bonds. The Morgan fingerprint density at radius 1 is 1.15 bits per heavy atom. The third-order valence-corrected chi connectivity index (χ3v) is 4.98. The number of nitrogens with zero attached hydrogens (tertiary/aromatic N) is 1. The Bertz CT molecular complexity index is 898. The molecular formula is C20H22ClNO5. The van der Waals surface area contributed by atoms with Crippen molar-refractivity contribution in [2.75, 3.05) is 20.8 Å². The SMILES string of the molecule is COc1cc(C(=O)OCC(=O)c2cc(C)n(C3CC3)c2C)cc(Cl)c1OC. The van der Waals surface area contributed by atoms with Crippen molar-refractivity contribution in [3.63, 3.8) is 0 Å². The van der Waals surface area contributed by atoms with Gasteiger partial charge in [-0.1, -0.05) is 11.6 Å². The molecule has 1 aliphatic carbocycles. The molecule has 1 aromatic carbocycles. The predicted octanol–water partition coefficient (Wildman–Crippen LogP) is 4.15. The number of esters is 1. The van der Waals surface area contributed by atoms with Gasteiger partial charge < -0.3 is 18.8 Å². The summed E-state index contributed by atoms with van der Waals surface area (Å²) in [6.45, 7) is 3.58. The van der Waals surface area contributed by atoms with Crippen LogP contribution in [0.5, 0.6) is 11.5 Å². The van der Waals surface area contributed by atoms with Gasteiger partial charge in [-0.2, -0.15) is 0 Å². The molecule has 0 spiro atoms. The lowest BCUT2D eigenvalue weighted by Gasteiger charge is -2.11. The minimum Gasteiger partial charge on any atom is -0.493 e.